The predicted molar refractivity (Wildman–Crippen MR) is 120 cm³/mol. The molecule has 150 valence electrons. The van der Waals surface area contributed by atoms with Crippen LogP contribution in [0.3, 0.4) is 0 Å². The molecule has 4 rings (SSSR count). The summed E-state index contributed by atoms with van der Waals surface area (Å²) in [4.78, 5) is 11.3. The maximum Gasteiger partial charge on any atom is 0.219 e. The van der Waals surface area contributed by atoms with Gasteiger partial charge in [-0.3, -0.25) is 0 Å². The van der Waals surface area contributed by atoms with Gasteiger partial charge in [-0.2, -0.15) is 0 Å². The maximum absolute atomic E-state index is 5.80. The summed E-state index contributed by atoms with van der Waals surface area (Å²) in [5.74, 6) is 1.38. The van der Waals surface area contributed by atoms with Crippen LogP contribution < -0.4 is 14.5 Å². The minimum absolute atomic E-state index is 0.601. The van der Waals surface area contributed by atoms with E-state index in [-0.39, 0.29) is 0 Å². The molecule has 5 nitrogen and oxygen atoms in total. The van der Waals surface area contributed by atoms with Gasteiger partial charge in [-0.1, -0.05) is 6.07 Å². The molecule has 2 heterocycles. The molecule has 1 fully saturated rings. The van der Waals surface area contributed by atoms with Crippen molar-refractivity contribution in [3.63, 3.8) is 0 Å². The molecule has 0 saturated carbocycles. The number of ether oxygens (including phenoxy) is 1. The Morgan fingerprint density at radius 3 is 2.34 bits per heavy atom. The average Bonchev–Trinajstić information content (AvgIpc) is 2.74. The summed E-state index contributed by atoms with van der Waals surface area (Å²) in [5, 5.41) is 0. The molecule has 1 aliphatic rings. The summed E-state index contributed by atoms with van der Waals surface area (Å²) >= 11 is 0. The first-order valence-electron chi connectivity index (χ1n) is 10.1. The van der Waals surface area contributed by atoms with Crippen molar-refractivity contribution in [3.05, 3.63) is 72.4 Å². The standard InChI is InChI=1S/C24H28N4O/c1-19-16-21(18-22(17-19)28-14-12-26(2)13-15-28)27(3)20-7-9-23(10-8-20)29-24-6-4-5-11-25-24/h4-11,16-18H,12-15H2,1-3H3. The Balaban J connectivity index is 1.51. The predicted octanol–water partition coefficient (Wildman–Crippen LogP) is 4.70. The summed E-state index contributed by atoms with van der Waals surface area (Å²) in [5.41, 5.74) is 4.89. The van der Waals surface area contributed by atoms with Gasteiger partial charge >= 0.3 is 0 Å². The van der Waals surface area contributed by atoms with Crippen molar-refractivity contribution >= 4 is 17.1 Å². The van der Waals surface area contributed by atoms with E-state index >= 15 is 0 Å². The molecule has 29 heavy (non-hydrogen) atoms. The van der Waals surface area contributed by atoms with Crippen molar-refractivity contribution in [2.24, 2.45) is 0 Å². The summed E-state index contributed by atoms with van der Waals surface area (Å²) in [6, 6.07) is 20.6. The van der Waals surface area contributed by atoms with E-state index in [1.165, 1.54) is 16.9 Å². The van der Waals surface area contributed by atoms with Crippen LogP contribution in [0, 0.1) is 6.92 Å². The third-order valence-electron chi connectivity index (χ3n) is 5.39. The molecule has 1 aliphatic heterocycles. The topological polar surface area (TPSA) is 31.8 Å². The SMILES string of the molecule is Cc1cc(N2CCN(C)CC2)cc(N(C)c2ccc(Oc3ccccn3)cc2)c1. The number of benzene rings is 2. The average molecular weight is 389 g/mol. The molecule has 0 radical (unpaired) electrons. The lowest BCUT2D eigenvalue weighted by atomic mass is 10.1. The fourth-order valence-corrected chi connectivity index (χ4v) is 3.60. The van der Waals surface area contributed by atoms with E-state index in [4.69, 9.17) is 4.74 Å². The molecule has 0 N–H and O–H groups in total. The van der Waals surface area contributed by atoms with E-state index in [0.29, 0.717) is 5.88 Å². The van der Waals surface area contributed by atoms with Gasteiger partial charge in [-0.15, -0.1) is 0 Å². The van der Waals surface area contributed by atoms with Crippen LogP contribution in [-0.4, -0.2) is 50.2 Å². The van der Waals surface area contributed by atoms with Gasteiger partial charge in [0.25, 0.3) is 0 Å². The van der Waals surface area contributed by atoms with Crippen LogP contribution in [0.1, 0.15) is 5.56 Å². The number of aromatic nitrogens is 1. The molecule has 2 aromatic carbocycles. The summed E-state index contributed by atoms with van der Waals surface area (Å²) in [6.07, 6.45) is 1.73. The Morgan fingerprint density at radius 1 is 0.897 bits per heavy atom. The van der Waals surface area contributed by atoms with Gasteiger partial charge in [0, 0.05) is 62.6 Å². The first-order valence-corrected chi connectivity index (χ1v) is 10.1. The minimum atomic E-state index is 0.601. The quantitative estimate of drug-likeness (QED) is 0.632. The number of rotatable bonds is 5. The lowest BCUT2D eigenvalue weighted by molar-refractivity contribution is 0.313. The highest BCUT2D eigenvalue weighted by Gasteiger charge is 2.16. The van der Waals surface area contributed by atoms with Gasteiger partial charge in [0.15, 0.2) is 0 Å². The first-order chi connectivity index (χ1) is 14.1. The van der Waals surface area contributed by atoms with E-state index in [2.05, 4.69) is 71.0 Å². The highest BCUT2D eigenvalue weighted by Crippen LogP contribution is 2.31. The van der Waals surface area contributed by atoms with Crippen molar-refractivity contribution in [1.29, 1.82) is 0 Å². The summed E-state index contributed by atoms with van der Waals surface area (Å²) < 4.78 is 5.80. The number of likely N-dealkylation sites (N-methyl/N-ethyl adjacent to an activating group) is 1. The Bertz CT molecular complexity index is 935. The molecule has 0 atom stereocenters. The lowest BCUT2D eigenvalue weighted by Gasteiger charge is -2.35. The number of nitrogens with zero attached hydrogens (tertiary/aromatic N) is 4. The molecule has 0 bridgehead atoms. The van der Waals surface area contributed by atoms with Gasteiger partial charge in [0.1, 0.15) is 5.75 Å². The third-order valence-corrected chi connectivity index (χ3v) is 5.39. The van der Waals surface area contributed by atoms with Gasteiger partial charge in [0.05, 0.1) is 0 Å². The van der Waals surface area contributed by atoms with Crippen LogP contribution in [0.25, 0.3) is 0 Å². The van der Waals surface area contributed by atoms with Crippen LogP contribution in [0.4, 0.5) is 17.1 Å². The second kappa shape index (κ2) is 8.53. The number of hydrogen-bond donors (Lipinski definition) is 0. The van der Waals surface area contributed by atoms with Crippen molar-refractivity contribution in [3.8, 4) is 11.6 Å². The number of piperazine rings is 1. The van der Waals surface area contributed by atoms with Crippen LogP contribution in [-0.2, 0) is 0 Å². The molecule has 1 aromatic heterocycles. The monoisotopic (exact) mass is 388 g/mol. The van der Waals surface area contributed by atoms with Crippen LogP contribution in [0.2, 0.25) is 0 Å². The fraction of sp³-hybridized carbons (Fsp3) is 0.292. The molecule has 0 amide bonds. The Labute approximate surface area is 173 Å². The Kier molecular flexibility index (Phi) is 5.67. The van der Waals surface area contributed by atoms with E-state index in [0.717, 1.165) is 37.6 Å². The largest absolute Gasteiger partial charge is 0.439 e. The van der Waals surface area contributed by atoms with Gasteiger partial charge in [0.2, 0.25) is 5.88 Å². The second-order valence-electron chi connectivity index (χ2n) is 7.64. The Hall–Kier alpha value is -3.05. The second-order valence-corrected chi connectivity index (χ2v) is 7.64. The molecule has 0 unspecified atom stereocenters. The van der Waals surface area contributed by atoms with E-state index in [1.54, 1.807) is 6.20 Å². The van der Waals surface area contributed by atoms with E-state index < -0.39 is 0 Å². The number of hydrogen-bond acceptors (Lipinski definition) is 5. The van der Waals surface area contributed by atoms with E-state index in [1.807, 2.05) is 30.3 Å². The van der Waals surface area contributed by atoms with Crippen molar-refractivity contribution in [1.82, 2.24) is 9.88 Å². The van der Waals surface area contributed by atoms with Crippen molar-refractivity contribution in [2.45, 2.75) is 6.92 Å². The molecule has 3 aromatic rings. The molecule has 1 saturated heterocycles. The minimum Gasteiger partial charge on any atom is -0.439 e. The molecule has 5 heteroatoms. The molecular formula is C24H28N4O. The third kappa shape index (κ3) is 4.69. The first kappa shape index (κ1) is 19.3. The summed E-state index contributed by atoms with van der Waals surface area (Å²) in [7, 11) is 4.30. The van der Waals surface area contributed by atoms with E-state index in [9.17, 15) is 0 Å². The zero-order chi connectivity index (χ0) is 20.2. The van der Waals surface area contributed by atoms with Crippen molar-refractivity contribution < 1.29 is 4.74 Å². The Morgan fingerprint density at radius 2 is 1.66 bits per heavy atom. The zero-order valence-corrected chi connectivity index (χ0v) is 17.4. The summed E-state index contributed by atoms with van der Waals surface area (Å²) in [6.45, 7) is 6.53. The lowest BCUT2D eigenvalue weighted by Crippen LogP contribution is -2.44. The highest BCUT2D eigenvalue weighted by molar-refractivity contribution is 5.69. The number of anilines is 3. The zero-order valence-electron chi connectivity index (χ0n) is 17.4. The number of aryl methyl sites for hydroxylation is 1. The van der Waals surface area contributed by atoms with Crippen LogP contribution >= 0.6 is 0 Å². The number of pyridine rings is 1. The maximum atomic E-state index is 5.80. The van der Waals surface area contributed by atoms with Crippen LogP contribution in [0.15, 0.2) is 66.9 Å². The van der Waals surface area contributed by atoms with Crippen LogP contribution in [0.5, 0.6) is 11.6 Å². The molecule has 0 spiro atoms. The molecule has 0 aliphatic carbocycles. The van der Waals surface area contributed by atoms with Gasteiger partial charge in [-0.25, -0.2) is 4.98 Å². The normalized spacial score (nSPS) is 14.7. The molecular weight excluding hydrogens is 360 g/mol. The van der Waals surface area contributed by atoms with Gasteiger partial charge < -0.3 is 19.4 Å². The van der Waals surface area contributed by atoms with Crippen molar-refractivity contribution in [2.75, 3.05) is 50.1 Å². The van der Waals surface area contributed by atoms with Gasteiger partial charge in [-0.05, 0) is 68.1 Å². The fourth-order valence-electron chi connectivity index (χ4n) is 3.60. The highest BCUT2D eigenvalue weighted by atomic mass is 16.5. The smallest absolute Gasteiger partial charge is 0.219 e.